The molecular formula is C15H20BrFN2. The van der Waals surface area contributed by atoms with E-state index in [2.05, 4.69) is 33.2 Å². The van der Waals surface area contributed by atoms with E-state index in [4.69, 9.17) is 0 Å². The van der Waals surface area contributed by atoms with E-state index in [-0.39, 0.29) is 11.9 Å². The lowest BCUT2D eigenvalue weighted by Gasteiger charge is -2.26. The summed E-state index contributed by atoms with van der Waals surface area (Å²) < 4.78 is 15.0. The molecule has 4 heteroatoms. The van der Waals surface area contributed by atoms with Crippen LogP contribution in [0, 0.1) is 11.7 Å². The average molecular weight is 327 g/mol. The maximum absolute atomic E-state index is 14.2. The lowest BCUT2D eigenvalue weighted by molar-refractivity contribution is 0.265. The topological polar surface area (TPSA) is 15.3 Å². The van der Waals surface area contributed by atoms with Gasteiger partial charge in [0.05, 0.1) is 0 Å². The zero-order valence-electron chi connectivity index (χ0n) is 11.2. The van der Waals surface area contributed by atoms with Crippen LogP contribution in [0.3, 0.4) is 0 Å². The van der Waals surface area contributed by atoms with Crippen LogP contribution in [0.4, 0.5) is 4.39 Å². The number of hydrogen-bond donors (Lipinski definition) is 1. The quantitative estimate of drug-likeness (QED) is 0.913. The lowest BCUT2D eigenvalue weighted by Crippen LogP contribution is -2.30. The largest absolute Gasteiger partial charge is 0.314 e. The van der Waals surface area contributed by atoms with Crippen molar-refractivity contribution in [2.45, 2.75) is 31.3 Å². The Kier molecular flexibility index (Phi) is 3.92. The van der Waals surface area contributed by atoms with Crippen LogP contribution in [-0.4, -0.2) is 31.1 Å². The van der Waals surface area contributed by atoms with Gasteiger partial charge in [0.25, 0.3) is 0 Å². The molecule has 0 amide bonds. The molecule has 1 N–H and O–H groups in total. The first kappa shape index (κ1) is 13.5. The predicted molar refractivity (Wildman–Crippen MR) is 78.6 cm³/mol. The Labute approximate surface area is 122 Å². The summed E-state index contributed by atoms with van der Waals surface area (Å²) in [5.74, 6) is 0.422. The summed E-state index contributed by atoms with van der Waals surface area (Å²) in [5.41, 5.74) is 0.839. The van der Waals surface area contributed by atoms with E-state index < -0.39 is 0 Å². The van der Waals surface area contributed by atoms with Crippen molar-refractivity contribution < 1.29 is 4.39 Å². The minimum Gasteiger partial charge on any atom is -0.314 e. The maximum Gasteiger partial charge on any atom is 0.129 e. The molecule has 0 bridgehead atoms. The van der Waals surface area contributed by atoms with Crippen LogP contribution in [0.25, 0.3) is 0 Å². The van der Waals surface area contributed by atoms with E-state index >= 15 is 0 Å². The summed E-state index contributed by atoms with van der Waals surface area (Å²) in [4.78, 5) is 2.28. The highest BCUT2D eigenvalue weighted by molar-refractivity contribution is 9.10. The molecule has 19 heavy (non-hydrogen) atoms. The summed E-state index contributed by atoms with van der Waals surface area (Å²) >= 11 is 3.33. The fraction of sp³-hybridized carbons (Fsp3) is 0.600. The highest BCUT2D eigenvalue weighted by atomic mass is 79.9. The summed E-state index contributed by atoms with van der Waals surface area (Å²) in [6, 6.07) is 6.37. The highest BCUT2D eigenvalue weighted by Crippen LogP contribution is 2.38. The van der Waals surface area contributed by atoms with E-state index in [1.807, 2.05) is 12.1 Å². The van der Waals surface area contributed by atoms with Crippen LogP contribution in [0.1, 0.15) is 30.9 Å². The molecular weight excluding hydrogens is 307 g/mol. The minimum atomic E-state index is -0.0930. The molecule has 2 fully saturated rings. The molecule has 1 aliphatic heterocycles. The van der Waals surface area contributed by atoms with Gasteiger partial charge in [0.15, 0.2) is 0 Å². The van der Waals surface area contributed by atoms with Crippen molar-refractivity contribution in [3.8, 4) is 0 Å². The molecule has 3 rings (SSSR count). The molecule has 1 saturated carbocycles. The van der Waals surface area contributed by atoms with Crippen molar-refractivity contribution in [2.24, 2.45) is 5.92 Å². The third-order valence-electron chi connectivity index (χ3n) is 4.30. The van der Waals surface area contributed by atoms with Crippen molar-refractivity contribution in [3.63, 3.8) is 0 Å². The van der Waals surface area contributed by atoms with Gasteiger partial charge in [-0.25, -0.2) is 4.39 Å². The van der Waals surface area contributed by atoms with Gasteiger partial charge in [-0.1, -0.05) is 22.0 Å². The van der Waals surface area contributed by atoms with Gasteiger partial charge in [-0.15, -0.1) is 0 Å². The Morgan fingerprint density at radius 2 is 2.16 bits per heavy atom. The van der Waals surface area contributed by atoms with Gasteiger partial charge in [-0.05, 0) is 50.9 Å². The van der Waals surface area contributed by atoms with Gasteiger partial charge in [0, 0.05) is 28.7 Å². The van der Waals surface area contributed by atoms with Gasteiger partial charge < -0.3 is 5.32 Å². The van der Waals surface area contributed by atoms with E-state index in [1.165, 1.54) is 12.8 Å². The third kappa shape index (κ3) is 3.01. The second kappa shape index (κ2) is 5.51. The van der Waals surface area contributed by atoms with Gasteiger partial charge in [0.1, 0.15) is 5.82 Å². The van der Waals surface area contributed by atoms with E-state index in [9.17, 15) is 4.39 Å². The van der Waals surface area contributed by atoms with Crippen molar-refractivity contribution in [3.05, 3.63) is 34.1 Å². The first-order valence-corrected chi connectivity index (χ1v) is 7.83. The number of hydrogen-bond acceptors (Lipinski definition) is 2. The second-order valence-electron chi connectivity index (χ2n) is 5.82. The standard InChI is InChI=1S/C15H20BrFN2/c1-19-7-6-10(9-18-12-3-4-12)15(19)13-5-2-11(16)8-14(13)17/h2,5,8,10,12,15,18H,3-4,6-7,9H2,1H3. The molecule has 2 unspecified atom stereocenters. The molecule has 1 aromatic rings. The minimum absolute atomic E-state index is 0.0930. The Morgan fingerprint density at radius 1 is 1.37 bits per heavy atom. The molecule has 1 heterocycles. The van der Waals surface area contributed by atoms with Crippen LogP contribution in [-0.2, 0) is 0 Å². The monoisotopic (exact) mass is 326 g/mol. The molecule has 2 aliphatic rings. The third-order valence-corrected chi connectivity index (χ3v) is 4.79. The second-order valence-corrected chi connectivity index (χ2v) is 6.74. The molecule has 0 spiro atoms. The first-order valence-electron chi connectivity index (χ1n) is 7.03. The molecule has 0 radical (unpaired) electrons. The summed E-state index contributed by atoms with van der Waals surface area (Å²) in [6.45, 7) is 2.06. The molecule has 1 saturated heterocycles. The first-order chi connectivity index (χ1) is 9.15. The number of halogens is 2. The van der Waals surface area contributed by atoms with Crippen molar-refractivity contribution >= 4 is 15.9 Å². The average Bonchev–Trinajstić information content (AvgIpc) is 3.12. The molecule has 1 aromatic carbocycles. The molecule has 1 aliphatic carbocycles. The fourth-order valence-electron chi connectivity index (χ4n) is 3.08. The Balaban J connectivity index is 1.77. The smallest absolute Gasteiger partial charge is 0.129 e. The number of nitrogens with one attached hydrogen (secondary N) is 1. The Hall–Kier alpha value is -0.450. The number of benzene rings is 1. The summed E-state index contributed by atoms with van der Waals surface area (Å²) in [7, 11) is 2.10. The Morgan fingerprint density at radius 3 is 2.84 bits per heavy atom. The highest BCUT2D eigenvalue weighted by Gasteiger charge is 2.35. The van der Waals surface area contributed by atoms with Gasteiger partial charge in [-0.2, -0.15) is 0 Å². The Bertz CT molecular complexity index is 461. The van der Waals surface area contributed by atoms with Crippen LogP contribution >= 0.6 is 15.9 Å². The van der Waals surface area contributed by atoms with Crippen LogP contribution < -0.4 is 5.32 Å². The predicted octanol–water partition coefficient (Wildman–Crippen LogP) is 3.33. The van der Waals surface area contributed by atoms with Crippen LogP contribution in [0.5, 0.6) is 0 Å². The van der Waals surface area contributed by atoms with Crippen molar-refractivity contribution in [2.75, 3.05) is 20.1 Å². The van der Waals surface area contributed by atoms with Gasteiger partial charge in [0.2, 0.25) is 0 Å². The van der Waals surface area contributed by atoms with Crippen LogP contribution in [0.15, 0.2) is 22.7 Å². The maximum atomic E-state index is 14.2. The zero-order valence-corrected chi connectivity index (χ0v) is 12.8. The van der Waals surface area contributed by atoms with Gasteiger partial charge in [-0.3, -0.25) is 4.90 Å². The van der Waals surface area contributed by atoms with E-state index in [0.29, 0.717) is 5.92 Å². The van der Waals surface area contributed by atoms with E-state index in [1.54, 1.807) is 6.07 Å². The SMILES string of the molecule is CN1CCC(CNC2CC2)C1c1ccc(Br)cc1F. The van der Waals surface area contributed by atoms with Crippen molar-refractivity contribution in [1.29, 1.82) is 0 Å². The summed E-state index contributed by atoms with van der Waals surface area (Å²) in [6.07, 6.45) is 3.76. The molecule has 0 aromatic heterocycles. The number of likely N-dealkylation sites (tertiary alicyclic amines) is 1. The molecule has 104 valence electrons. The van der Waals surface area contributed by atoms with Crippen molar-refractivity contribution in [1.82, 2.24) is 10.2 Å². The molecule has 2 atom stereocenters. The summed E-state index contributed by atoms with van der Waals surface area (Å²) in [5, 5.41) is 3.59. The fourth-order valence-corrected chi connectivity index (χ4v) is 3.41. The lowest BCUT2D eigenvalue weighted by atomic mass is 9.93. The number of nitrogens with zero attached hydrogens (tertiary/aromatic N) is 1. The normalized spacial score (nSPS) is 27.9. The van der Waals surface area contributed by atoms with Crippen LogP contribution in [0.2, 0.25) is 0 Å². The van der Waals surface area contributed by atoms with E-state index in [0.717, 1.165) is 35.6 Å². The number of rotatable bonds is 4. The molecule has 2 nitrogen and oxygen atoms in total. The van der Waals surface area contributed by atoms with Gasteiger partial charge >= 0.3 is 0 Å². The zero-order chi connectivity index (χ0) is 13.4.